The second kappa shape index (κ2) is 5.29. The molecule has 1 aliphatic rings. The standard InChI is InChI=1S/C15H18N4O2/c1-17-7-9-19(10-8-17)15(21)13-11-5-3-4-6-12(11)14(20)18(2)16-13/h3-6H,7-10H2,1-2H3/p+1. The number of quaternary nitrogens is 1. The Kier molecular flexibility index (Phi) is 3.47. The largest absolute Gasteiger partial charge is 0.334 e. The maximum Gasteiger partial charge on any atom is 0.275 e. The molecule has 0 radical (unpaired) electrons. The normalized spacial score (nSPS) is 16.4. The average molecular weight is 287 g/mol. The molecule has 1 N–H and O–H groups in total. The van der Waals surface area contributed by atoms with E-state index in [1.165, 1.54) is 9.58 Å². The summed E-state index contributed by atoms with van der Waals surface area (Å²) in [5, 5.41) is 5.38. The van der Waals surface area contributed by atoms with Crippen molar-refractivity contribution in [2.75, 3.05) is 33.2 Å². The van der Waals surface area contributed by atoms with Crippen molar-refractivity contribution >= 4 is 16.7 Å². The Hall–Kier alpha value is -2.21. The number of aryl methyl sites for hydroxylation is 1. The van der Waals surface area contributed by atoms with E-state index in [1.54, 1.807) is 25.2 Å². The van der Waals surface area contributed by atoms with Crippen molar-refractivity contribution in [1.82, 2.24) is 14.7 Å². The van der Waals surface area contributed by atoms with Gasteiger partial charge in [-0.1, -0.05) is 18.2 Å². The van der Waals surface area contributed by atoms with Crippen molar-refractivity contribution in [3.05, 3.63) is 40.3 Å². The molecule has 0 unspecified atom stereocenters. The van der Waals surface area contributed by atoms with Gasteiger partial charge in [-0.3, -0.25) is 9.59 Å². The molecule has 1 fully saturated rings. The summed E-state index contributed by atoms with van der Waals surface area (Å²) in [6, 6.07) is 7.16. The summed E-state index contributed by atoms with van der Waals surface area (Å²) in [5.41, 5.74) is 0.192. The highest BCUT2D eigenvalue weighted by molar-refractivity contribution is 6.04. The van der Waals surface area contributed by atoms with Crippen molar-refractivity contribution in [1.29, 1.82) is 0 Å². The Morgan fingerprint density at radius 2 is 1.81 bits per heavy atom. The maximum absolute atomic E-state index is 12.7. The van der Waals surface area contributed by atoms with Crippen molar-refractivity contribution in [3.8, 4) is 0 Å². The minimum absolute atomic E-state index is 0.0886. The number of likely N-dealkylation sites (N-methyl/N-ethyl adjacent to an activating group) is 1. The van der Waals surface area contributed by atoms with Crippen LogP contribution in [-0.2, 0) is 7.05 Å². The van der Waals surface area contributed by atoms with E-state index in [9.17, 15) is 9.59 Å². The fraction of sp³-hybridized carbons (Fsp3) is 0.400. The van der Waals surface area contributed by atoms with Gasteiger partial charge in [-0.2, -0.15) is 5.10 Å². The number of piperazine rings is 1. The first-order valence-corrected chi connectivity index (χ1v) is 7.14. The number of amides is 1. The molecule has 0 bridgehead atoms. The first kappa shape index (κ1) is 13.8. The Labute approximate surface area is 122 Å². The summed E-state index contributed by atoms with van der Waals surface area (Å²) in [7, 11) is 3.71. The summed E-state index contributed by atoms with van der Waals surface area (Å²) in [6.45, 7) is 3.33. The van der Waals surface area contributed by atoms with Gasteiger partial charge in [0, 0.05) is 12.4 Å². The van der Waals surface area contributed by atoms with Gasteiger partial charge in [0.2, 0.25) is 0 Å². The molecule has 6 nitrogen and oxygen atoms in total. The van der Waals surface area contributed by atoms with Gasteiger partial charge >= 0.3 is 0 Å². The molecule has 2 heterocycles. The van der Waals surface area contributed by atoms with Gasteiger partial charge < -0.3 is 9.80 Å². The molecule has 1 amide bonds. The van der Waals surface area contributed by atoms with Crippen LogP contribution in [0.5, 0.6) is 0 Å². The van der Waals surface area contributed by atoms with E-state index >= 15 is 0 Å². The SMILES string of the molecule is Cn1nc(C(=O)N2CC[NH+](C)CC2)c2ccccc2c1=O. The molecule has 0 spiro atoms. The van der Waals surface area contributed by atoms with Crippen LogP contribution >= 0.6 is 0 Å². The highest BCUT2D eigenvalue weighted by Gasteiger charge is 2.25. The summed E-state index contributed by atoms with van der Waals surface area (Å²) in [5.74, 6) is -0.0886. The molecule has 0 saturated carbocycles. The fourth-order valence-corrected chi connectivity index (χ4v) is 2.70. The van der Waals surface area contributed by atoms with Crippen LogP contribution in [0.15, 0.2) is 29.1 Å². The van der Waals surface area contributed by atoms with E-state index in [0.717, 1.165) is 26.2 Å². The molecule has 1 aromatic carbocycles. The third-order valence-electron chi connectivity index (χ3n) is 4.06. The van der Waals surface area contributed by atoms with Gasteiger partial charge in [0.05, 0.1) is 38.6 Å². The van der Waals surface area contributed by atoms with Crippen molar-refractivity contribution in [2.24, 2.45) is 7.05 Å². The predicted octanol–water partition coefficient (Wildman–Crippen LogP) is -1.10. The van der Waals surface area contributed by atoms with Gasteiger partial charge in [-0.15, -0.1) is 0 Å². The van der Waals surface area contributed by atoms with Crippen LogP contribution in [0.1, 0.15) is 10.5 Å². The van der Waals surface area contributed by atoms with Gasteiger partial charge in [-0.05, 0) is 6.07 Å². The average Bonchev–Trinajstić information content (AvgIpc) is 2.51. The molecule has 110 valence electrons. The summed E-state index contributed by atoms with van der Waals surface area (Å²) < 4.78 is 1.25. The van der Waals surface area contributed by atoms with Crippen molar-refractivity contribution < 1.29 is 9.69 Å². The van der Waals surface area contributed by atoms with E-state index < -0.39 is 0 Å². The molecule has 1 aliphatic heterocycles. The lowest BCUT2D eigenvalue weighted by molar-refractivity contribution is -0.883. The highest BCUT2D eigenvalue weighted by Crippen LogP contribution is 2.15. The topological polar surface area (TPSA) is 59.6 Å². The number of nitrogens with zero attached hydrogens (tertiary/aromatic N) is 3. The number of nitrogens with one attached hydrogen (secondary N) is 1. The van der Waals surface area contributed by atoms with Crippen LogP contribution in [-0.4, -0.2) is 53.8 Å². The number of carbonyl (C=O) groups excluding carboxylic acids is 1. The van der Waals surface area contributed by atoms with Gasteiger partial charge in [-0.25, -0.2) is 4.68 Å². The monoisotopic (exact) mass is 287 g/mol. The van der Waals surface area contributed by atoms with Crippen LogP contribution < -0.4 is 10.5 Å². The molecule has 1 aromatic heterocycles. The third-order valence-corrected chi connectivity index (χ3v) is 4.06. The fourth-order valence-electron chi connectivity index (χ4n) is 2.70. The van der Waals surface area contributed by atoms with Crippen molar-refractivity contribution in [3.63, 3.8) is 0 Å². The third kappa shape index (κ3) is 2.42. The van der Waals surface area contributed by atoms with Crippen LogP contribution in [0.4, 0.5) is 0 Å². The predicted molar refractivity (Wildman–Crippen MR) is 79.5 cm³/mol. The Morgan fingerprint density at radius 3 is 2.48 bits per heavy atom. The van der Waals surface area contributed by atoms with Crippen molar-refractivity contribution in [2.45, 2.75) is 0 Å². The highest BCUT2D eigenvalue weighted by atomic mass is 16.2. The van der Waals surface area contributed by atoms with E-state index in [2.05, 4.69) is 12.1 Å². The molecule has 3 rings (SSSR count). The van der Waals surface area contributed by atoms with Crippen LogP contribution in [0.3, 0.4) is 0 Å². The molecule has 0 aliphatic carbocycles. The molecule has 6 heteroatoms. The maximum atomic E-state index is 12.7. The lowest BCUT2D eigenvalue weighted by atomic mass is 10.1. The molecule has 21 heavy (non-hydrogen) atoms. The number of hydrogen-bond donors (Lipinski definition) is 1. The zero-order valence-electron chi connectivity index (χ0n) is 12.3. The Bertz CT molecular complexity index is 745. The lowest BCUT2D eigenvalue weighted by Gasteiger charge is -2.30. The second-order valence-electron chi connectivity index (χ2n) is 5.57. The smallest absolute Gasteiger partial charge is 0.275 e. The summed E-state index contributed by atoms with van der Waals surface area (Å²) in [4.78, 5) is 28.1. The van der Waals surface area contributed by atoms with E-state index in [4.69, 9.17) is 0 Å². The lowest BCUT2D eigenvalue weighted by Crippen LogP contribution is -3.12. The summed E-state index contributed by atoms with van der Waals surface area (Å²) >= 11 is 0. The number of fused-ring (bicyclic) bond motifs is 1. The van der Waals surface area contributed by atoms with Crippen LogP contribution in [0.2, 0.25) is 0 Å². The van der Waals surface area contributed by atoms with Crippen LogP contribution in [0, 0.1) is 0 Å². The molecule has 0 atom stereocenters. The number of rotatable bonds is 1. The first-order valence-electron chi connectivity index (χ1n) is 7.14. The number of hydrogen-bond acceptors (Lipinski definition) is 3. The van der Waals surface area contributed by atoms with Gasteiger partial charge in [0.15, 0.2) is 5.69 Å². The second-order valence-corrected chi connectivity index (χ2v) is 5.57. The quantitative estimate of drug-likeness (QED) is 0.725. The zero-order valence-corrected chi connectivity index (χ0v) is 12.3. The Morgan fingerprint density at radius 1 is 1.19 bits per heavy atom. The van der Waals surface area contributed by atoms with Gasteiger partial charge in [0.25, 0.3) is 11.5 Å². The molecular weight excluding hydrogens is 268 g/mol. The minimum Gasteiger partial charge on any atom is -0.334 e. The molecule has 2 aromatic rings. The summed E-state index contributed by atoms with van der Waals surface area (Å²) in [6.07, 6.45) is 0. The molecule has 1 saturated heterocycles. The minimum atomic E-state index is -0.176. The van der Waals surface area contributed by atoms with E-state index in [-0.39, 0.29) is 11.5 Å². The Balaban J connectivity index is 2.06. The van der Waals surface area contributed by atoms with Gasteiger partial charge in [0.1, 0.15) is 0 Å². The first-order chi connectivity index (χ1) is 10.1. The number of carbonyl (C=O) groups is 1. The van der Waals surface area contributed by atoms with E-state index in [1.807, 2.05) is 11.0 Å². The van der Waals surface area contributed by atoms with Crippen LogP contribution in [0.25, 0.3) is 10.8 Å². The zero-order chi connectivity index (χ0) is 15.0. The molecular formula is C15H19N4O2+. The number of benzene rings is 1. The number of aromatic nitrogens is 2. The van der Waals surface area contributed by atoms with E-state index in [0.29, 0.717) is 16.5 Å².